The summed E-state index contributed by atoms with van der Waals surface area (Å²) in [5, 5.41) is 0. The van der Waals surface area contributed by atoms with E-state index >= 15 is 0 Å². The van der Waals surface area contributed by atoms with E-state index in [0.29, 0.717) is 36.2 Å². The molecule has 150 valence electrons. The molecule has 4 heteroatoms. The second-order valence-electron chi connectivity index (χ2n) is 9.97. The Balaban J connectivity index is 1.31. The lowest BCUT2D eigenvalue weighted by atomic mass is 9.48. The number of benzene rings is 1. The van der Waals surface area contributed by atoms with Crippen LogP contribution in [0.3, 0.4) is 0 Å². The first-order valence-corrected chi connectivity index (χ1v) is 11.0. The van der Waals surface area contributed by atoms with Gasteiger partial charge >= 0.3 is 5.97 Å². The molecule has 0 amide bonds. The van der Waals surface area contributed by atoms with Gasteiger partial charge in [0.25, 0.3) is 0 Å². The first-order valence-electron chi connectivity index (χ1n) is 11.0. The normalized spacial score (nSPS) is 35.1. The van der Waals surface area contributed by atoms with Gasteiger partial charge in [-0.2, -0.15) is 0 Å². The van der Waals surface area contributed by atoms with Crippen LogP contribution in [-0.4, -0.2) is 18.4 Å². The molecule has 6 rings (SSSR count). The maximum absolute atomic E-state index is 14.5. The number of halogens is 1. The molecule has 5 fully saturated rings. The highest BCUT2D eigenvalue weighted by Gasteiger charge is 2.55. The van der Waals surface area contributed by atoms with Crippen molar-refractivity contribution in [2.45, 2.75) is 69.6 Å². The van der Waals surface area contributed by atoms with E-state index in [1.54, 1.807) is 18.2 Å². The first-order chi connectivity index (χ1) is 13.5. The number of rotatable bonds is 5. The molecule has 5 aliphatic rings. The molecule has 1 aromatic rings. The summed E-state index contributed by atoms with van der Waals surface area (Å²) < 4.78 is 20.1. The van der Waals surface area contributed by atoms with E-state index in [1.807, 2.05) is 0 Å². The summed E-state index contributed by atoms with van der Waals surface area (Å²) in [6, 6.07) is 6.52. The fourth-order valence-corrected chi connectivity index (χ4v) is 7.29. The molecule has 28 heavy (non-hydrogen) atoms. The van der Waals surface area contributed by atoms with Crippen molar-refractivity contribution in [3.63, 3.8) is 0 Å². The molecule has 0 heterocycles. The lowest BCUT2D eigenvalue weighted by Crippen LogP contribution is -2.51. The Hall–Kier alpha value is -1.71. The molecule has 0 radical (unpaired) electrons. The molecule has 0 saturated heterocycles. The second kappa shape index (κ2) is 6.67. The van der Waals surface area contributed by atoms with Gasteiger partial charge in [-0.3, -0.25) is 9.59 Å². The fraction of sp³-hybridized carbons (Fsp3) is 0.667. The number of ether oxygens (including phenoxy) is 1. The van der Waals surface area contributed by atoms with Crippen LogP contribution in [0.5, 0.6) is 0 Å². The topological polar surface area (TPSA) is 43.4 Å². The third-order valence-corrected chi connectivity index (χ3v) is 8.20. The molecule has 0 unspecified atom stereocenters. The molecular weight excluding hydrogens is 355 g/mol. The van der Waals surface area contributed by atoms with Crippen molar-refractivity contribution < 1.29 is 18.7 Å². The molecule has 0 aromatic heterocycles. The van der Waals surface area contributed by atoms with E-state index in [0.717, 1.165) is 32.1 Å². The maximum atomic E-state index is 14.5. The molecule has 3 nitrogen and oxygen atoms in total. The fourth-order valence-electron chi connectivity index (χ4n) is 7.29. The van der Waals surface area contributed by atoms with Crippen molar-refractivity contribution in [1.82, 2.24) is 0 Å². The van der Waals surface area contributed by atoms with Crippen molar-refractivity contribution in [2.24, 2.45) is 23.2 Å². The Kier molecular flexibility index (Phi) is 4.37. The summed E-state index contributed by atoms with van der Waals surface area (Å²) in [5.74, 6) is 1.41. The van der Waals surface area contributed by atoms with Gasteiger partial charge in [-0.15, -0.1) is 0 Å². The predicted octanol–water partition coefficient (Wildman–Crippen LogP) is 4.97. The minimum absolute atomic E-state index is 0.113. The standard InChI is InChI=1S/C24H29FO3/c25-20-6-2-1-5-19(20)24(7-3-4-8-24)22(27)28-15-21(26)23-12-16-9-17(13-23)11-18(10-16)14-23/h1-2,5-6,16-18H,3-4,7-15H2. The van der Waals surface area contributed by atoms with E-state index in [-0.39, 0.29) is 23.6 Å². The van der Waals surface area contributed by atoms with E-state index in [4.69, 9.17) is 4.74 Å². The van der Waals surface area contributed by atoms with E-state index in [1.165, 1.54) is 25.3 Å². The SMILES string of the molecule is O=C(COC(=O)C1(c2ccccc2F)CCCC1)C12CC3CC(CC(C3)C1)C2. The van der Waals surface area contributed by atoms with Gasteiger partial charge in [-0.1, -0.05) is 31.0 Å². The van der Waals surface area contributed by atoms with Crippen molar-refractivity contribution in [3.8, 4) is 0 Å². The van der Waals surface area contributed by atoms with Crippen LogP contribution in [0, 0.1) is 29.0 Å². The highest BCUT2D eigenvalue weighted by atomic mass is 19.1. The summed E-state index contributed by atoms with van der Waals surface area (Å²) >= 11 is 0. The molecule has 0 spiro atoms. The summed E-state index contributed by atoms with van der Waals surface area (Å²) in [4.78, 5) is 26.3. The number of esters is 1. The minimum atomic E-state index is -0.924. The van der Waals surface area contributed by atoms with E-state index in [9.17, 15) is 14.0 Å². The van der Waals surface area contributed by atoms with Crippen LogP contribution in [-0.2, 0) is 19.7 Å². The van der Waals surface area contributed by atoms with Crippen molar-refractivity contribution in [2.75, 3.05) is 6.61 Å². The summed E-state index contributed by atoms with van der Waals surface area (Å²) in [6.45, 7) is -0.138. The predicted molar refractivity (Wildman–Crippen MR) is 103 cm³/mol. The third-order valence-electron chi connectivity index (χ3n) is 8.20. The minimum Gasteiger partial charge on any atom is -0.457 e. The highest BCUT2D eigenvalue weighted by molar-refractivity contribution is 5.90. The van der Waals surface area contributed by atoms with E-state index < -0.39 is 11.4 Å². The van der Waals surface area contributed by atoms with Crippen molar-refractivity contribution in [3.05, 3.63) is 35.6 Å². The molecule has 5 saturated carbocycles. The monoisotopic (exact) mass is 384 g/mol. The summed E-state index contributed by atoms with van der Waals surface area (Å²) in [6.07, 6.45) is 9.74. The van der Waals surface area contributed by atoms with Crippen LogP contribution in [0.15, 0.2) is 24.3 Å². The van der Waals surface area contributed by atoms with Gasteiger partial charge < -0.3 is 4.74 Å². The largest absolute Gasteiger partial charge is 0.457 e. The lowest BCUT2D eigenvalue weighted by Gasteiger charge is -2.55. The number of carbonyl (C=O) groups excluding carboxylic acids is 2. The number of hydrogen-bond acceptors (Lipinski definition) is 3. The van der Waals surface area contributed by atoms with Gasteiger partial charge in [-0.05, 0) is 75.2 Å². The molecular formula is C24H29FO3. The van der Waals surface area contributed by atoms with Gasteiger partial charge in [0.15, 0.2) is 12.4 Å². The van der Waals surface area contributed by atoms with Crippen molar-refractivity contribution >= 4 is 11.8 Å². The first kappa shape index (κ1) is 18.3. The van der Waals surface area contributed by atoms with Crippen LogP contribution in [0.25, 0.3) is 0 Å². The Bertz CT molecular complexity index is 758. The Morgan fingerprint density at radius 3 is 2.11 bits per heavy atom. The number of carbonyl (C=O) groups is 2. The zero-order valence-corrected chi connectivity index (χ0v) is 16.4. The quantitative estimate of drug-likeness (QED) is 0.674. The average Bonchev–Trinajstić information content (AvgIpc) is 3.16. The lowest BCUT2D eigenvalue weighted by molar-refractivity contribution is -0.161. The Morgan fingerprint density at radius 2 is 1.54 bits per heavy atom. The highest BCUT2D eigenvalue weighted by Crippen LogP contribution is 2.60. The van der Waals surface area contributed by atoms with Gasteiger partial charge in [0.1, 0.15) is 5.82 Å². The summed E-state index contributed by atoms with van der Waals surface area (Å²) in [7, 11) is 0. The number of hydrogen-bond donors (Lipinski definition) is 0. The van der Waals surface area contributed by atoms with Crippen LogP contribution in [0.2, 0.25) is 0 Å². The number of ketones is 1. The van der Waals surface area contributed by atoms with Gasteiger partial charge in [0.05, 0.1) is 5.41 Å². The van der Waals surface area contributed by atoms with Gasteiger partial charge in [-0.25, -0.2) is 4.39 Å². The number of Topliss-reactive ketones (excluding diaryl/α,β-unsaturated/α-hetero) is 1. The third kappa shape index (κ3) is 2.83. The molecule has 0 aliphatic heterocycles. The second-order valence-corrected chi connectivity index (χ2v) is 9.97. The van der Waals surface area contributed by atoms with Crippen molar-refractivity contribution in [1.29, 1.82) is 0 Å². The smallest absolute Gasteiger partial charge is 0.317 e. The van der Waals surface area contributed by atoms with Crippen LogP contribution in [0.4, 0.5) is 4.39 Å². The zero-order valence-electron chi connectivity index (χ0n) is 16.4. The van der Waals surface area contributed by atoms with Crippen LogP contribution in [0.1, 0.15) is 69.8 Å². The maximum Gasteiger partial charge on any atom is 0.317 e. The van der Waals surface area contributed by atoms with Crippen LogP contribution >= 0.6 is 0 Å². The Morgan fingerprint density at radius 1 is 0.964 bits per heavy atom. The summed E-state index contributed by atoms with van der Waals surface area (Å²) in [5.41, 5.74) is -0.747. The molecule has 4 bridgehead atoms. The average molecular weight is 384 g/mol. The van der Waals surface area contributed by atoms with Crippen LogP contribution < -0.4 is 0 Å². The zero-order chi connectivity index (χ0) is 19.4. The Labute approximate surface area is 166 Å². The molecule has 1 aromatic carbocycles. The molecule has 5 aliphatic carbocycles. The molecule has 0 atom stereocenters. The van der Waals surface area contributed by atoms with Gasteiger partial charge in [0.2, 0.25) is 0 Å². The van der Waals surface area contributed by atoms with Gasteiger partial charge in [0, 0.05) is 11.0 Å². The van der Waals surface area contributed by atoms with E-state index in [2.05, 4.69) is 0 Å². The molecule has 0 N–H and O–H groups in total.